The second kappa shape index (κ2) is 6.06. The van der Waals surface area contributed by atoms with E-state index in [-0.39, 0.29) is 0 Å². The summed E-state index contributed by atoms with van der Waals surface area (Å²) in [6.45, 7) is 4.61. The molecule has 29 heavy (non-hydrogen) atoms. The maximum absolute atomic E-state index is 2.42. The Labute approximate surface area is 170 Å². The zero-order chi connectivity index (χ0) is 19.5. The van der Waals surface area contributed by atoms with E-state index in [2.05, 4.69) is 105 Å². The molecule has 0 nitrogen and oxygen atoms in total. The Kier molecular flexibility index (Phi) is 3.46. The molecule has 0 unspecified atom stereocenters. The SMILES string of the molecule is CC(C)c1cc2cccc3c4cccc5cccc(c(c1-c1ccccc1)c23)c54. The van der Waals surface area contributed by atoms with Crippen molar-refractivity contribution in [3.63, 3.8) is 0 Å². The van der Waals surface area contributed by atoms with Gasteiger partial charge in [-0.1, -0.05) is 105 Å². The van der Waals surface area contributed by atoms with Crippen molar-refractivity contribution in [2.24, 2.45) is 0 Å². The van der Waals surface area contributed by atoms with Crippen LogP contribution in [0.1, 0.15) is 25.3 Å². The van der Waals surface area contributed by atoms with Gasteiger partial charge in [0.05, 0.1) is 0 Å². The fraction of sp³-hybridized carbons (Fsp3) is 0.103. The molecule has 0 fully saturated rings. The minimum absolute atomic E-state index is 0.450. The van der Waals surface area contributed by atoms with Gasteiger partial charge in [-0.2, -0.15) is 0 Å². The maximum atomic E-state index is 2.42. The van der Waals surface area contributed by atoms with Crippen molar-refractivity contribution < 1.29 is 0 Å². The number of rotatable bonds is 2. The summed E-state index contributed by atoms with van der Waals surface area (Å²) in [6.07, 6.45) is 0. The number of hydrogen-bond acceptors (Lipinski definition) is 0. The molecule has 0 aliphatic heterocycles. The lowest BCUT2D eigenvalue weighted by Gasteiger charge is -2.22. The highest BCUT2D eigenvalue weighted by Crippen LogP contribution is 2.46. The molecular formula is C29H22. The van der Waals surface area contributed by atoms with Crippen molar-refractivity contribution >= 4 is 43.1 Å². The Balaban J connectivity index is 2.00. The van der Waals surface area contributed by atoms with E-state index in [1.165, 1.54) is 59.8 Å². The van der Waals surface area contributed by atoms with Crippen molar-refractivity contribution in [2.45, 2.75) is 19.8 Å². The fourth-order valence-corrected chi connectivity index (χ4v) is 5.12. The fourth-order valence-electron chi connectivity index (χ4n) is 5.12. The van der Waals surface area contributed by atoms with Gasteiger partial charge in [0.1, 0.15) is 0 Å². The van der Waals surface area contributed by atoms with Gasteiger partial charge in [-0.25, -0.2) is 0 Å². The summed E-state index contributed by atoms with van der Waals surface area (Å²) in [5, 5.41) is 10.9. The van der Waals surface area contributed by atoms with Crippen LogP contribution in [0.3, 0.4) is 0 Å². The van der Waals surface area contributed by atoms with Crippen LogP contribution in [0.25, 0.3) is 54.2 Å². The van der Waals surface area contributed by atoms with E-state index in [1.807, 2.05) is 0 Å². The van der Waals surface area contributed by atoms with Gasteiger partial charge in [-0.05, 0) is 65.7 Å². The Morgan fingerprint density at radius 1 is 0.517 bits per heavy atom. The summed E-state index contributed by atoms with van der Waals surface area (Å²) in [5.74, 6) is 0.450. The first-order chi connectivity index (χ1) is 14.2. The van der Waals surface area contributed by atoms with Gasteiger partial charge in [0.15, 0.2) is 0 Å². The van der Waals surface area contributed by atoms with Crippen LogP contribution in [0.15, 0.2) is 91.0 Å². The molecule has 0 radical (unpaired) electrons. The van der Waals surface area contributed by atoms with Gasteiger partial charge < -0.3 is 0 Å². The standard InChI is InChI=1S/C29H22/c1-18(2)25-17-21-13-8-15-23-22-14-6-11-19-12-7-16-24(26(19)22)29(28(21)23)27(25)20-9-4-3-5-10-20/h3-18H,1-2H3. The second-order valence-corrected chi connectivity index (χ2v) is 8.35. The summed E-state index contributed by atoms with van der Waals surface area (Å²) < 4.78 is 0. The normalized spacial score (nSPS) is 12.1. The minimum Gasteiger partial charge on any atom is -0.0622 e. The minimum atomic E-state index is 0.450. The highest BCUT2D eigenvalue weighted by Gasteiger charge is 2.20. The Bertz CT molecular complexity index is 1500. The quantitative estimate of drug-likeness (QED) is 0.212. The second-order valence-electron chi connectivity index (χ2n) is 8.35. The maximum Gasteiger partial charge on any atom is -0.00112 e. The third kappa shape index (κ3) is 2.26. The van der Waals surface area contributed by atoms with Crippen LogP contribution < -0.4 is 0 Å². The third-order valence-electron chi connectivity index (χ3n) is 6.35. The van der Waals surface area contributed by atoms with Crippen LogP contribution in [-0.4, -0.2) is 0 Å². The monoisotopic (exact) mass is 370 g/mol. The lowest BCUT2D eigenvalue weighted by atomic mass is 9.81. The molecule has 138 valence electrons. The number of fused-ring (bicyclic) bond motifs is 2. The summed E-state index contributed by atoms with van der Waals surface area (Å²) in [6, 6.07) is 33.6. The van der Waals surface area contributed by atoms with Crippen molar-refractivity contribution in [3.8, 4) is 11.1 Å². The first-order valence-corrected chi connectivity index (χ1v) is 10.4. The molecule has 0 saturated heterocycles. The number of benzene rings is 6. The van der Waals surface area contributed by atoms with Gasteiger partial charge in [0.2, 0.25) is 0 Å². The molecule has 6 aromatic rings. The van der Waals surface area contributed by atoms with Crippen LogP contribution in [-0.2, 0) is 0 Å². The van der Waals surface area contributed by atoms with Crippen LogP contribution in [0.5, 0.6) is 0 Å². The van der Waals surface area contributed by atoms with Crippen LogP contribution in [0, 0.1) is 0 Å². The first kappa shape index (κ1) is 16.6. The van der Waals surface area contributed by atoms with E-state index < -0.39 is 0 Å². The predicted octanol–water partition coefficient (Wildman–Crippen LogP) is 8.53. The molecule has 0 saturated carbocycles. The van der Waals surface area contributed by atoms with E-state index in [0.717, 1.165) is 0 Å². The van der Waals surface area contributed by atoms with E-state index in [4.69, 9.17) is 0 Å². The van der Waals surface area contributed by atoms with Gasteiger partial charge >= 0.3 is 0 Å². The van der Waals surface area contributed by atoms with E-state index >= 15 is 0 Å². The molecular weight excluding hydrogens is 348 g/mol. The molecule has 0 spiro atoms. The van der Waals surface area contributed by atoms with Gasteiger partial charge in [0, 0.05) is 0 Å². The summed E-state index contributed by atoms with van der Waals surface area (Å²) in [4.78, 5) is 0. The highest BCUT2D eigenvalue weighted by atomic mass is 14.2. The van der Waals surface area contributed by atoms with E-state index in [9.17, 15) is 0 Å². The Morgan fingerprint density at radius 2 is 1.14 bits per heavy atom. The molecule has 0 heteroatoms. The molecule has 0 bridgehead atoms. The van der Waals surface area contributed by atoms with Crippen molar-refractivity contribution in [1.29, 1.82) is 0 Å². The largest absolute Gasteiger partial charge is 0.0622 e. The molecule has 0 aliphatic carbocycles. The van der Waals surface area contributed by atoms with Crippen LogP contribution >= 0.6 is 0 Å². The zero-order valence-electron chi connectivity index (χ0n) is 16.7. The van der Waals surface area contributed by atoms with Crippen molar-refractivity contribution in [2.75, 3.05) is 0 Å². The average Bonchev–Trinajstić information content (AvgIpc) is 2.77. The zero-order valence-corrected chi connectivity index (χ0v) is 16.7. The smallest absolute Gasteiger partial charge is 0.00112 e. The first-order valence-electron chi connectivity index (χ1n) is 10.4. The summed E-state index contributed by atoms with van der Waals surface area (Å²) >= 11 is 0. The van der Waals surface area contributed by atoms with Gasteiger partial charge in [-0.3, -0.25) is 0 Å². The van der Waals surface area contributed by atoms with E-state index in [1.54, 1.807) is 0 Å². The lowest BCUT2D eigenvalue weighted by molar-refractivity contribution is 0.872. The van der Waals surface area contributed by atoms with Crippen molar-refractivity contribution in [3.05, 3.63) is 96.6 Å². The van der Waals surface area contributed by atoms with E-state index in [0.29, 0.717) is 5.92 Å². The molecule has 6 aromatic carbocycles. The summed E-state index contributed by atoms with van der Waals surface area (Å²) in [7, 11) is 0. The van der Waals surface area contributed by atoms with Crippen molar-refractivity contribution in [1.82, 2.24) is 0 Å². The Hall–Kier alpha value is -3.38. The van der Waals surface area contributed by atoms with Crippen LogP contribution in [0.2, 0.25) is 0 Å². The number of hydrogen-bond donors (Lipinski definition) is 0. The van der Waals surface area contributed by atoms with Crippen LogP contribution in [0.4, 0.5) is 0 Å². The molecule has 0 heterocycles. The van der Waals surface area contributed by atoms with Gasteiger partial charge in [-0.15, -0.1) is 0 Å². The topological polar surface area (TPSA) is 0 Å². The molecule has 0 aromatic heterocycles. The highest BCUT2D eigenvalue weighted by molar-refractivity contribution is 6.35. The Morgan fingerprint density at radius 3 is 1.83 bits per heavy atom. The molecule has 0 amide bonds. The average molecular weight is 370 g/mol. The molecule has 0 atom stereocenters. The molecule has 0 aliphatic rings. The molecule has 6 rings (SSSR count). The molecule has 0 N–H and O–H groups in total. The van der Waals surface area contributed by atoms with Gasteiger partial charge in [0.25, 0.3) is 0 Å². The summed E-state index contributed by atoms with van der Waals surface area (Å²) in [5.41, 5.74) is 4.12. The predicted molar refractivity (Wildman–Crippen MR) is 127 cm³/mol. The third-order valence-corrected chi connectivity index (χ3v) is 6.35. The lowest BCUT2D eigenvalue weighted by Crippen LogP contribution is -1.97.